The fraction of sp³-hybridized carbons (Fsp3) is 1.00. The Morgan fingerprint density at radius 2 is 1.14 bits per heavy atom. The Kier molecular flexibility index (Phi) is 2.24. The molecular weight excluding hydrogens is 248 g/mol. The summed E-state index contributed by atoms with van der Waals surface area (Å²) in [6.45, 7) is 0. The van der Waals surface area contributed by atoms with Crippen LogP contribution in [0.1, 0.15) is 0 Å². The predicted molar refractivity (Wildman–Crippen MR) is 28.5 cm³/mol. The molecule has 14 heavy (non-hydrogen) atoms. The van der Waals surface area contributed by atoms with Crippen molar-refractivity contribution in [2.24, 2.45) is 0 Å². The van der Waals surface area contributed by atoms with Gasteiger partial charge in [0.05, 0.1) is 12.0 Å². The van der Waals surface area contributed by atoms with Crippen molar-refractivity contribution in [1.29, 1.82) is 0 Å². The highest BCUT2D eigenvalue weighted by atomic mass is 32.2. The fourth-order valence-electron chi connectivity index (χ4n) is 0.575. The first kappa shape index (κ1) is 11.8. The minimum Gasteiger partial charge on any atom is -0.238 e. The maximum Gasteiger partial charge on any atom is 0.436 e. The molecule has 0 unspecified atom stereocenters. The van der Waals surface area contributed by atoms with E-state index >= 15 is 0 Å². The molecule has 1 heterocycles. The minimum atomic E-state index is -6.26. The fourth-order valence-corrected chi connectivity index (χ4v) is 1.12. The molecule has 1 nitrogen and oxygen atoms in total. The van der Waals surface area contributed by atoms with Gasteiger partial charge in [0.25, 0.3) is 0 Å². The second kappa shape index (κ2) is 2.65. The number of alkyl halides is 8. The number of hydrogen-bond donors (Lipinski definition) is 0. The summed E-state index contributed by atoms with van der Waals surface area (Å²) in [6.07, 6.45) is -5.64. The zero-order valence-corrected chi connectivity index (χ0v) is 6.66. The second-order valence-electron chi connectivity index (χ2n) is 2.35. The Labute approximate surface area is 75.6 Å². The average Bonchev–Trinajstić information content (AvgIpc) is 1.98. The van der Waals surface area contributed by atoms with E-state index in [0.29, 0.717) is 0 Å². The molecule has 1 aliphatic rings. The molecule has 0 spiro atoms. The summed E-state index contributed by atoms with van der Waals surface area (Å²) in [5, 5.41) is -5.40. The van der Waals surface area contributed by atoms with Crippen molar-refractivity contribution in [2.45, 2.75) is 23.2 Å². The van der Waals surface area contributed by atoms with E-state index in [-0.39, 0.29) is 0 Å². The minimum absolute atomic E-state index is 1.68. The molecule has 0 radical (unpaired) electrons. The zero-order chi connectivity index (χ0) is 11.4. The molecule has 1 saturated heterocycles. The lowest BCUT2D eigenvalue weighted by Crippen LogP contribution is -2.65. The van der Waals surface area contributed by atoms with Crippen LogP contribution in [0.5, 0.6) is 0 Å². The van der Waals surface area contributed by atoms with Crippen LogP contribution in [0.2, 0.25) is 0 Å². The first-order valence-electron chi connectivity index (χ1n) is 2.84. The Balaban J connectivity index is 3.20. The third-order valence-corrected chi connectivity index (χ3v) is 2.13. The highest BCUT2D eigenvalue weighted by molar-refractivity contribution is 7.95. The van der Waals surface area contributed by atoms with Gasteiger partial charge in [-0.05, 0) is 0 Å². The first-order valence-corrected chi connectivity index (χ1v) is 3.58. The average molecular weight is 248 g/mol. The molecule has 0 aromatic carbocycles. The summed E-state index contributed by atoms with van der Waals surface area (Å²) >= 11 is -1.68. The normalized spacial score (nSPS) is 32.6. The van der Waals surface area contributed by atoms with Gasteiger partial charge in [0.2, 0.25) is 0 Å². The van der Waals surface area contributed by atoms with Gasteiger partial charge in [-0.2, -0.15) is 35.1 Å². The summed E-state index contributed by atoms with van der Waals surface area (Å²) in [6, 6.07) is 0. The number of halogens is 8. The van der Waals surface area contributed by atoms with Gasteiger partial charge in [-0.25, -0.2) is 4.18 Å². The van der Waals surface area contributed by atoms with E-state index in [1.165, 1.54) is 0 Å². The smallest absolute Gasteiger partial charge is 0.238 e. The molecule has 0 aromatic rings. The van der Waals surface area contributed by atoms with Gasteiger partial charge in [0.15, 0.2) is 0 Å². The monoisotopic (exact) mass is 248 g/mol. The van der Waals surface area contributed by atoms with Crippen LogP contribution in [-0.4, -0.2) is 23.2 Å². The van der Waals surface area contributed by atoms with Crippen molar-refractivity contribution in [1.82, 2.24) is 0 Å². The molecule has 1 aliphatic heterocycles. The van der Waals surface area contributed by atoms with Crippen LogP contribution >= 0.6 is 12.0 Å². The zero-order valence-electron chi connectivity index (χ0n) is 5.84. The quantitative estimate of drug-likeness (QED) is 0.481. The van der Waals surface area contributed by atoms with Gasteiger partial charge >= 0.3 is 23.2 Å². The largest absolute Gasteiger partial charge is 0.436 e. The topological polar surface area (TPSA) is 9.23 Å². The van der Waals surface area contributed by atoms with Crippen LogP contribution < -0.4 is 0 Å². The molecule has 0 saturated carbocycles. The van der Waals surface area contributed by atoms with Crippen molar-refractivity contribution in [3.05, 3.63) is 0 Å². The molecule has 10 heteroatoms. The second-order valence-corrected chi connectivity index (χ2v) is 3.20. The van der Waals surface area contributed by atoms with Crippen LogP contribution in [0.25, 0.3) is 0 Å². The van der Waals surface area contributed by atoms with Gasteiger partial charge in [0, 0.05) is 0 Å². The molecule has 1 fully saturated rings. The van der Waals surface area contributed by atoms with E-state index < -0.39 is 35.3 Å². The summed E-state index contributed by atoms with van der Waals surface area (Å²) in [4.78, 5) is 0. The van der Waals surface area contributed by atoms with Crippen LogP contribution in [0.15, 0.2) is 0 Å². The van der Waals surface area contributed by atoms with Crippen molar-refractivity contribution >= 4 is 12.0 Å². The summed E-state index contributed by atoms with van der Waals surface area (Å²) in [5.41, 5.74) is 0. The van der Waals surface area contributed by atoms with Crippen LogP contribution in [0, 0.1) is 0 Å². The molecular formula is C4F8OS. The van der Waals surface area contributed by atoms with Gasteiger partial charge in [-0.1, -0.05) is 0 Å². The molecule has 0 N–H and O–H groups in total. The Bertz CT molecular complexity index is 224. The molecule has 0 bridgehead atoms. The van der Waals surface area contributed by atoms with Crippen molar-refractivity contribution in [3.8, 4) is 0 Å². The number of hydrogen-bond acceptors (Lipinski definition) is 2. The third kappa shape index (κ3) is 1.19. The molecule has 0 aromatic heterocycles. The molecule has 84 valence electrons. The lowest BCUT2D eigenvalue weighted by molar-refractivity contribution is -0.407. The summed E-state index contributed by atoms with van der Waals surface area (Å²) < 4.78 is 99.5. The molecule has 1 rings (SSSR count). The Morgan fingerprint density at radius 3 is 1.50 bits per heavy atom. The van der Waals surface area contributed by atoms with E-state index in [0.717, 1.165) is 0 Å². The summed E-state index contributed by atoms with van der Waals surface area (Å²) in [7, 11) is 0. The van der Waals surface area contributed by atoms with E-state index in [2.05, 4.69) is 4.18 Å². The standard InChI is InChI=1S/C4F8OS/c5-1(6)2(7,8)4(11,12)14-13-3(1,9)10. The van der Waals surface area contributed by atoms with E-state index in [1.807, 2.05) is 0 Å². The van der Waals surface area contributed by atoms with Gasteiger partial charge in [-0.3, -0.25) is 0 Å². The Hall–Kier alpha value is -0.250. The number of rotatable bonds is 0. The highest BCUT2D eigenvalue weighted by Crippen LogP contribution is 2.62. The van der Waals surface area contributed by atoms with Gasteiger partial charge in [0.1, 0.15) is 0 Å². The van der Waals surface area contributed by atoms with Gasteiger partial charge < -0.3 is 0 Å². The van der Waals surface area contributed by atoms with Crippen LogP contribution in [-0.2, 0) is 4.18 Å². The van der Waals surface area contributed by atoms with Crippen molar-refractivity contribution < 1.29 is 39.3 Å². The first-order chi connectivity index (χ1) is 5.96. The van der Waals surface area contributed by atoms with Crippen molar-refractivity contribution in [3.63, 3.8) is 0 Å². The summed E-state index contributed by atoms with van der Waals surface area (Å²) in [5.74, 6) is -12.4. The maximum atomic E-state index is 12.2. The lowest BCUT2D eigenvalue weighted by atomic mass is 10.1. The molecule has 0 aliphatic carbocycles. The SMILES string of the molecule is FC1(F)OSC(F)(F)C(F)(F)C1(F)F. The lowest BCUT2D eigenvalue weighted by Gasteiger charge is -2.39. The molecule has 0 atom stereocenters. The maximum absolute atomic E-state index is 12.2. The van der Waals surface area contributed by atoms with Crippen LogP contribution in [0.4, 0.5) is 35.1 Å². The molecule has 0 amide bonds. The van der Waals surface area contributed by atoms with E-state index in [1.54, 1.807) is 0 Å². The van der Waals surface area contributed by atoms with Gasteiger partial charge in [-0.15, -0.1) is 0 Å². The Morgan fingerprint density at radius 1 is 0.714 bits per heavy atom. The van der Waals surface area contributed by atoms with Crippen molar-refractivity contribution in [2.75, 3.05) is 0 Å². The van der Waals surface area contributed by atoms with Crippen LogP contribution in [0.3, 0.4) is 0 Å². The van der Waals surface area contributed by atoms with E-state index in [9.17, 15) is 35.1 Å². The highest BCUT2D eigenvalue weighted by Gasteiger charge is 2.86. The third-order valence-electron chi connectivity index (χ3n) is 1.38. The predicted octanol–water partition coefficient (Wildman–Crippen LogP) is 3.12. The van der Waals surface area contributed by atoms with E-state index in [4.69, 9.17) is 0 Å².